The zero-order chi connectivity index (χ0) is 15.7. The largest absolute Gasteiger partial charge is 0.384 e. The highest BCUT2D eigenvalue weighted by Gasteiger charge is 2.29. The molecule has 1 aliphatic rings. The molecule has 2 aromatic rings. The molecule has 1 atom stereocenters. The van der Waals surface area contributed by atoms with Crippen LogP contribution >= 0.6 is 15.9 Å². The van der Waals surface area contributed by atoms with Crippen LogP contribution in [0.2, 0.25) is 0 Å². The minimum Gasteiger partial charge on any atom is -0.384 e. The number of rotatable bonds is 2. The summed E-state index contributed by atoms with van der Waals surface area (Å²) in [6.07, 6.45) is 2.05. The van der Waals surface area contributed by atoms with Crippen LogP contribution < -0.4 is 10.2 Å². The van der Waals surface area contributed by atoms with Gasteiger partial charge in [0.15, 0.2) is 0 Å². The number of guanidine groups is 1. The Hall–Kier alpha value is -2.06. The molecule has 0 radical (unpaired) electrons. The first-order valence-electron chi connectivity index (χ1n) is 6.79. The molecule has 0 saturated heterocycles. The summed E-state index contributed by atoms with van der Waals surface area (Å²) in [5, 5.41) is 12.8. The molecule has 0 bridgehead atoms. The van der Waals surface area contributed by atoms with Crippen LogP contribution in [0.4, 0.5) is 5.69 Å². The topological polar surface area (TPSA) is 90.7 Å². The molecule has 114 valence electrons. The molecule has 0 aliphatic carbocycles. The molecule has 1 unspecified atom stereocenters. The van der Waals surface area contributed by atoms with Crippen molar-refractivity contribution in [1.29, 1.82) is 0 Å². The summed E-state index contributed by atoms with van der Waals surface area (Å²) in [6, 6.07) is 3.53. The van der Waals surface area contributed by atoms with Gasteiger partial charge in [-0.15, -0.1) is 0 Å². The number of aromatic nitrogens is 2. The highest BCUT2D eigenvalue weighted by Crippen LogP contribution is 2.32. The van der Waals surface area contributed by atoms with E-state index in [1.807, 2.05) is 0 Å². The summed E-state index contributed by atoms with van der Waals surface area (Å²) in [6.45, 7) is 2.67. The fourth-order valence-electron chi connectivity index (χ4n) is 2.22. The van der Waals surface area contributed by atoms with E-state index in [-0.39, 0.29) is 0 Å². The monoisotopic (exact) mass is 363 g/mol. The van der Waals surface area contributed by atoms with E-state index in [1.165, 1.54) is 11.8 Å². The van der Waals surface area contributed by atoms with Crippen LogP contribution in [0.15, 0.2) is 34.0 Å². The third kappa shape index (κ3) is 2.55. The summed E-state index contributed by atoms with van der Waals surface area (Å²) in [5.74, 6) is -0.0352. The van der Waals surface area contributed by atoms with Crippen LogP contribution in [-0.4, -0.2) is 46.1 Å². The number of amides is 1. The number of carbonyl (C=O) groups excluding carboxylic acids is 1. The average Bonchev–Trinajstić information content (AvgIpc) is 3.04. The Labute approximate surface area is 135 Å². The van der Waals surface area contributed by atoms with Gasteiger partial charge in [0.25, 0.3) is 5.91 Å². The third-order valence-electron chi connectivity index (χ3n) is 3.25. The maximum Gasteiger partial charge on any atom is 0.262 e. The molecule has 1 aromatic carbocycles. The zero-order valence-corrected chi connectivity index (χ0v) is 13.4. The molecule has 1 amide bonds. The highest BCUT2D eigenvalue weighted by atomic mass is 79.9. The first kappa shape index (κ1) is 14.9. The molecule has 7 nitrogen and oxygen atoms in total. The molecule has 2 heterocycles. The van der Waals surface area contributed by atoms with Crippen LogP contribution in [0, 0.1) is 0 Å². The number of hydrogen-bond donors (Lipinski definition) is 2. The Bertz CT molecular complexity index is 762. The van der Waals surface area contributed by atoms with Gasteiger partial charge in [0.2, 0.25) is 5.96 Å². The summed E-state index contributed by atoms with van der Waals surface area (Å²) < 4.78 is 0.628. The van der Waals surface area contributed by atoms with Crippen molar-refractivity contribution in [3.05, 3.63) is 29.0 Å². The highest BCUT2D eigenvalue weighted by molar-refractivity contribution is 9.10. The number of nitrogens with zero attached hydrogens (tertiary/aromatic N) is 4. The molecule has 1 aromatic heterocycles. The number of carbonyl (C=O) groups is 1. The SMILES string of the molecule is CC(O)C(=O)N(C1=NCCN1)c1ccc2nccnc2c1Br. The smallest absolute Gasteiger partial charge is 0.262 e. The molecule has 8 heteroatoms. The molecule has 22 heavy (non-hydrogen) atoms. The van der Waals surface area contributed by atoms with Crippen molar-refractivity contribution in [2.24, 2.45) is 4.99 Å². The van der Waals surface area contributed by atoms with Crippen molar-refractivity contribution in [2.75, 3.05) is 18.0 Å². The second-order valence-electron chi connectivity index (χ2n) is 4.80. The van der Waals surface area contributed by atoms with Gasteiger partial charge in [0.1, 0.15) is 11.6 Å². The first-order valence-corrected chi connectivity index (χ1v) is 7.58. The summed E-state index contributed by atoms with van der Waals surface area (Å²) >= 11 is 3.49. The summed E-state index contributed by atoms with van der Waals surface area (Å²) in [7, 11) is 0. The number of hydrogen-bond acceptors (Lipinski definition) is 6. The Balaban J connectivity index is 2.15. The quantitative estimate of drug-likeness (QED) is 0.832. The lowest BCUT2D eigenvalue weighted by molar-refractivity contribution is -0.124. The fourth-order valence-corrected chi connectivity index (χ4v) is 2.84. The van der Waals surface area contributed by atoms with Gasteiger partial charge in [-0.25, -0.2) is 4.90 Å². The molecular weight excluding hydrogens is 350 g/mol. The van der Waals surface area contributed by atoms with Gasteiger partial charge in [-0.1, -0.05) is 0 Å². The van der Waals surface area contributed by atoms with Crippen molar-refractivity contribution in [3.8, 4) is 0 Å². The van der Waals surface area contributed by atoms with Crippen molar-refractivity contribution in [2.45, 2.75) is 13.0 Å². The van der Waals surface area contributed by atoms with Crippen molar-refractivity contribution in [1.82, 2.24) is 15.3 Å². The van der Waals surface area contributed by atoms with E-state index in [1.54, 1.807) is 24.5 Å². The Morgan fingerprint density at radius 3 is 2.86 bits per heavy atom. The average molecular weight is 364 g/mol. The molecule has 0 fully saturated rings. The predicted octanol–water partition coefficient (Wildman–Crippen LogP) is 1.07. The van der Waals surface area contributed by atoms with Gasteiger partial charge in [0, 0.05) is 18.9 Å². The first-order chi connectivity index (χ1) is 10.6. The maximum atomic E-state index is 12.4. The lowest BCUT2D eigenvalue weighted by atomic mass is 10.2. The van der Waals surface area contributed by atoms with Crippen LogP contribution in [0.25, 0.3) is 11.0 Å². The van der Waals surface area contributed by atoms with E-state index in [0.29, 0.717) is 40.2 Å². The van der Waals surface area contributed by atoms with E-state index in [0.717, 1.165) is 0 Å². The van der Waals surface area contributed by atoms with Gasteiger partial charge in [-0.05, 0) is 35.0 Å². The molecular formula is C14H14BrN5O2. The standard InChI is InChI=1S/C14H14BrN5O2/c1-8(21)13(22)20(14-18-6-7-19-14)10-3-2-9-12(11(10)15)17-5-4-16-9/h2-5,8,21H,6-7H2,1H3,(H,18,19). The maximum absolute atomic E-state index is 12.4. The lowest BCUT2D eigenvalue weighted by Gasteiger charge is -2.25. The number of aliphatic hydroxyl groups excluding tert-OH is 1. The second kappa shape index (κ2) is 5.98. The summed E-state index contributed by atoms with van der Waals surface area (Å²) in [5.41, 5.74) is 1.91. The third-order valence-corrected chi connectivity index (χ3v) is 4.03. The molecule has 0 saturated carbocycles. The predicted molar refractivity (Wildman–Crippen MR) is 86.7 cm³/mol. The van der Waals surface area contributed by atoms with Crippen LogP contribution in [0.3, 0.4) is 0 Å². The molecule has 1 aliphatic heterocycles. The zero-order valence-electron chi connectivity index (χ0n) is 11.8. The van der Waals surface area contributed by atoms with Gasteiger partial charge >= 0.3 is 0 Å². The van der Waals surface area contributed by atoms with Crippen molar-refractivity contribution in [3.63, 3.8) is 0 Å². The number of fused-ring (bicyclic) bond motifs is 1. The number of aliphatic imine (C=N–C) groups is 1. The Kier molecular flexibility index (Phi) is 4.04. The fraction of sp³-hybridized carbons (Fsp3) is 0.286. The van der Waals surface area contributed by atoms with E-state index in [9.17, 15) is 9.90 Å². The van der Waals surface area contributed by atoms with E-state index < -0.39 is 12.0 Å². The normalized spacial score (nSPS) is 15.3. The van der Waals surface area contributed by atoms with Crippen molar-refractivity contribution < 1.29 is 9.90 Å². The van der Waals surface area contributed by atoms with Gasteiger partial charge in [-0.3, -0.25) is 19.8 Å². The van der Waals surface area contributed by atoms with E-state index >= 15 is 0 Å². The Morgan fingerprint density at radius 1 is 1.41 bits per heavy atom. The van der Waals surface area contributed by atoms with Crippen LogP contribution in [-0.2, 0) is 4.79 Å². The number of aliphatic hydroxyl groups is 1. The van der Waals surface area contributed by atoms with Crippen LogP contribution in [0.1, 0.15) is 6.92 Å². The Morgan fingerprint density at radius 2 is 2.18 bits per heavy atom. The molecule has 3 rings (SSSR count). The second-order valence-corrected chi connectivity index (χ2v) is 5.60. The minimum atomic E-state index is -1.14. The number of anilines is 1. The van der Waals surface area contributed by atoms with E-state index in [2.05, 4.69) is 36.2 Å². The number of nitrogens with one attached hydrogen (secondary N) is 1. The van der Waals surface area contributed by atoms with Crippen molar-refractivity contribution >= 4 is 44.5 Å². The number of halogens is 1. The molecule has 2 N–H and O–H groups in total. The van der Waals surface area contributed by atoms with Crippen LogP contribution in [0.5, 0.6) is 0 Å². The lowest BCUT2D eigenvalue weighted by Crippen LogP contribution is -2.47. The van der Waals surface area contributed by atoms with Gasteiger partial charge < -0.3 is 10.4 Å². The minimum absolute atomic E-state index is 0.426. The van der Waals surface area contributed by atoms with Gasteiger partial charge in [-0.2, -0.15) is 0 Å². The molecule has 0 spiro atoms. The van der Waals surface area contributed by atoms with Gasteiger partial charge in [0.05, 0.1) is 22.2 Å². The summed E-state index contributed by atoms with van der Waals surface area (Å²) in [4.78, 5) is 26.6. The number of benzene rings is 1. The van der Waals surface area contributed by atoms with E-state index in [4.69, 9.17) is 0 Å².